The van der Waals surface area contributed by atoms with Crippen LogP contribution >= 0.6 is 0 Å². The van der Waals surface area contributed by atoms with Crippen molar-refractivity contribution in [1.29, 1.82) is 0 Å². The molecule has 2 heterocycles. The minimum atomic E-state index is -0.258. The topological polar surface area (TPSA) is 51.4 Å². The van der Waals surface area contributed by atoms with Gasteiger partial charge >= 0.3 is 0 Å². The van der Waals surface area contributed by atoms with Gasteiger partial charge < -0.3 is 9.26 Å². The van der Waals surface area contributed by atoms with E-state index in [1.807, 2.05) is 12.1 Å². The minimum Gasteiger partial charge on any atom is -0.497 e. The molecular formula is C23H26FN3O2. The summed E-state index contributed by atoms with van der Waals surface area (Å²) in [5, 5.41) is 4.01. The molecule has 1 fully saturated rings. The largest absolute Gasteiger partial charge is 0.497 e. The molecule has 152 valence electrons. The van der Waals surface area contributed by atoms with Crippen LogP contribution in [0.2, 0.25) is 0 Å². The minimum absolute atomic E-state index is 0.258. The summed E-state index contributed by atoms with van der Waals surface area (Å²) in [6.07, 6.45) is 4.01. The Kier molecular flexibility index (Phi) is 5.90. The zero-order chi connectivity index (χ0) is 20.2. The van der Waals surface area contributed by atoms with Crippen LogP contribution < -0.4 is 4.74 Å². The molecule has 1 aliphatic rings. The number of nitrogens with zero attached hydrogens (tertiary/aromatic N) is 3. The maximum Gasteiger partial charge on any atom is 0.227 e. The zero-order valence-electron chi connectivity index (χ0n) is 16.9. The van der Waals surface area contributed by atoms with Crippen molar-refractivity contribution in [3.8, 4) is 17.1 Å². The van der Waals surface area contributed by atoms with Crippen molar-refractivity contribution in [2.24, 2.45) is 0 Å². The molecule has 0 bridgehead atoms. The molecule has 2 aromatic carbocycles. The lowest BCUT2D eigenvalue weighted by Gasteiger charge is -2.24. The Morgan fingerprint density at radius 2 is 2.14 bits per heavy atom. The SMILES string of the molecule is COc1cccc(C2CCCN2CCCc2nc(-c3ccc(C)c(F)c3)no2)c1. The molecule has 0 spiro atoms. The summed E-state index contributed by atoms with van der Waals surface area (Å²) in [6.45, 7) is 3.80. The smallest absolute Gasteiger partial charge is 0.227 e. The number of rotatable bonds is 7. The maximum absolute atomic E-state index is 13.8. The highest BCUT2D eigenvalue weighted by Crippen LogP contribution is 2.33. The van der Waals surface area contributed by atoms with Crippen molar-refractivity contribution in [2.45, 2.75) is 38.6 Å². The molecule has 0 aliphatic carbocycles. The Bertz CT molecular complexity index is 972. The molecule has 4 rings (SSSR count). The monoisotopic (exact) mass is 395 g/mol. The summed E-state index contributed by atoms with van der Waals surface area (Å²) in [7, 11) is 1.70. The molecule has 5 nitrogen and oxygen atoms in total. The van der Waals surface area contributed by atoms with Crippen LogP contribution in [0, 0.1) is 12.7 Å². The lowest BCUT2D eigenvalue weighted by molar-refractivity contribution is 0.249. The molecule has 0 radical (unpaired) electrons. The first kappa shape index (κ1) is 19.6. The van der Waals surface area contributed by atoms with E-state index in [9.17, 15) is 4.39 Å². The lowest BCUT2D eigenvalue weighted by atomic mass is 10.0. The average Bonchev–Trinajstić information content (AvgIpc) is 3.40. The molecular weight excluding hydrogens is 369 g/mol. The third kappa shape index (κ3) is 4.48. The fraction of sp³-hybridized carbons (Fsp3) is 0.391. The van der Waals surface area contributed by atoms with Gasteiger partial charge in [0.15, 0.2) is 0 Å². The highest BCUT2D eigenvalue weighted by molar-refractivity contribution is 5.54. The van der Waals surface area contributed by atoms with E-state index in [1.54, 1.807) is 20.1 Å². The van der Waals surface area contributed by atoms with Crippen molar-refractivity contribution in [3.63, 3.8) is 0 Å². The van der Waals surface area contributed by atoms with Gasteiger partial charge in [-0.15, -0.1) is 0 Å². The summed E-state index contributed by atoms with van der Waals surface area (Å²) in [5.41, 5.74) is 2.55. The first-order valence-corrected chi connectivity index (χ1v) is 10.1. The van der Waals surface area contributed by atoms with Crippen LogP contribution in [0.25, 0.3) is 11.4 Å². The molecule has 1 unspecified atom stereocenters. The summed E-state index contributed by atoms with van der Waals surface area (Å²) in [4.78, 5) is 6.95. The number of aromatic nitrogens is 2. The van der Waals surface area contributed by atoms with Gasteiger partial charge in [-0.1, -0.05) is 29.4 Å². The molecule has 1 aliphatic heterocycles. The summed E-state index contributed by atoms with van der Waals surface area (Å²) in [6, 6.07) is 13.8. The molecule has 0 amide bonds. The summed E-state index contributed by atoms with van der Waals surface area (Å²) >= 11 is 0. The Hall–Kier alpha value is -2.73. The van der Waals surface area contributed by atoms with E-state index in [1.165, 1.54) is 18.1 Å². The van der Waals surface area contributed by atoms with E-state index in [2.05, 4.69) is 33.2 Å². The van der Waals surface area contributed by atoms with Gasteiger partial charge in [0.2, 0.25) is 11.7 Å². The van der Waals surface area contributed by atoms with Crippen LogP contribution in [-0.4, -0.2) is 35.2 Å². The molecule has 1 aromatic heterocycles. The predicted octanol–water partition coefficient (Wildman–Crippen LogP) is 4.96. The maximum atomic E-state index is 13.8. The summed E-state index contributed by atoms with van der Waals surface area (Å²) < 4.78 is 24.5. The van der Waals surface area contributed by atoms with E-state index in [-0.39, 0.29) is 5.82 Å². The van der Waals surface area contributed by atoms with Crippen LogP contribution in [0.1, 0.15) is 42.3 Å². The van der Waals surface area contributed by atoms with Gasteiger partial charge in [-0.3, -0.25) is 4.90 Å². The van der Waals surface area contributed by atoms with Gasteiger partial charge in [-0.2, -0.15) is 4.98 Å². The molecule has 29 heavy (non-hydrogen) atoms. The zero-order valence-corrected chi connectivity index (χ0v) is 16.9. The molecule has 1 atom stereocenters. The molecule has 3 aromatic rings. The highest BCUT2D eigenvalue weighted by atomic mass is 19.1. The first-order chi connectivity index (χ1) is 14.1. The Morgan fingerprint density at radius 3 is 2.97 bits per heavy atom. The van der Waals surface area contributed by atoms with E-state index in [4.69, 9.17) is 9.26 Å². The average molecular weight is 395 g/mol. The Labute approximate surface area is 170 Å². The number of ether oxygens (including phenoxy) is 1. The van der Waals surface area contributed by atoms with Crippen LogP contribution in [-0.2, 0) is 6.42 Å². The second-order valence-corrected chi connectivity index (χ2v) is 7.55. The molecule has 0 N–H and O–H groups in total. The quantitative estimate of drug-likeness (QED) is 0.566. The first-order valence-electron chi connectivity index (χ1n) is 10.1. The van der Waals surface area contributed by atoms with Crippen LogP contribution in [0.4, 0.5) is 4.39 Å². The lowest BCUT2D eigenvalue weighted by Crippen LogP contribution is -2.24. The summed E-state index contributed by atoms with van der Waals surface area (Å²) in [5.74, 6) is 1.68. The van der Waals surface area contributed by atoms with Crippen molar-refractivity contribution >= 4 is 0 Å². The predicted molar refractivity (Wildman–Crippen MR) is 109 cm³/mol. The number of likely N-dealkylation sites (tertiary alicyclic amines) is 1. The van der Waals surface area contributed by atoms with Crippen molar-refractivity contribution in [1.82, 2.24) is 15.0 Å². The third-order valence-electron chi connectivity index (χ3n) is 5.58. The van der Waals surface area contributed by atoms with Crippen LogP contribution in [0.3, 0.4) is 0 Å². The van der Waals surface area contributed by atoms with E-state index in [0.29, 0.717) is 35.3 Å². The molecule has 1 saturated heterocycles. The fourth-order valence-electron chi connectivity index (χ4n) is 3.96. The van der Waals surface area contributed by atoms with Gasteiger partial charge in [-0.25, -0.2) is 4.39 Å². The second kappa shape index (κ2) is 8.74. The van der Waals surface area contributed by atoms with E-state index < -0.39 is 0 Å². The third-order valence-corrected chi connectivity index (χ3v) is 5.58. The van der Waals surface area contributed by atoms with Gasteiger partial charge in [0.25, 0.3) is 0 Å². The Morgan fingerprint density at radius 1 is 1.24 bits per heavy atom. The highest BCUT2D eigenvalue weighted by Gasteiger charge is 2.25. The van der Waals surface area contributed by atoms with Crippen LogP contribution in [0.5, 0.6) is 5.75 Å². The van der Waals surface area contributed by atoms with Crippen molar-refractivity contribution in [3.05, 3.63) is 65.3 Å². The number of hydrogen-bond acceptors (Lipinski definition) is 5. The van der Waals surface area contributed by atoms with Crippen molar-refractivity contribution < 1.29 is 13.7 Å². The second-order valence-electron chi connectivity index (χ2n) is 7.55. The van der Waals surface area contributed by atoms with Gasteiger partial charge in [0.1, 0.15) is 11.6 Å². The van der Waals surface area contributed by atoms with Crippen LogP contribution in [0.15, 0.2) is 47.0 Å². The van der Waals surface area contributed by atoms with E-state index in [0.717, 1.165) is 31.7 Å². The van der Waals surface area contributed by atoms with Crippen molar-refractivity contribution in [2.75, 3.05) is 20.2 Å². The van der Waals surface area contributed by atoms with Gasteiger partial charge in [0.05, 0.1) is 7.11 Å². The number of hydrogen-bond donors (Lipinski definition) is 0. The standard InChI is InChI=1S/C23H26FN3O2/c1-16-10-11-18(15-20(16)24)23-25-22(29-26-23)9-5-13-27-12-4-8-21(27)17-6-3-7-19(14-17)28-2/h3,6-7,10-11,14-15,21H,4-5,8-9,12-13H2,1-2H3. The van der Waals surface area contributed by atoms with Gasteiger partial charge in [0, 0.05) is 18.0 Å². The number of aryl methyl sites for hydroxylation is 2. The number of benzene rings is 2. The van der Waals surface area contributed by atoms with E-state index >= 15 is 0 Å². The normalized spacial score (nSPS) is 17.0. The molecule has 6 heteroatoms. The number of halogens is 1. The molecule has 0 saturated carbocycles. The fourth-order valence-corrected chi connectivity index (χ4v) is 3.96. The number of methoxy groups -OCH3 is 1. The van der Waals surface area contributed by atoms with Gasteiger partial charge in [-0.05, 0) is 68.6 Å². The Balaban J connectivity index is 1.35.